The van der Waals surface area contributed by atoms with Crippen LogP contribution in [-0.4, -0.2) is 106 Å². The average molecular weight is 1300 g/mol. The number of unbranched alkanes of at least 4 members (excludes halogenated alkanes) is 2. The van der Waals surface area contributed by atoms with Crippen LogP contribution in [0.25, 0.3) is 0 Å². The number of benzene rings is 4. The van der Waals surface area contributed by atoms with E-state index in [-0.39, 0.29) is 133 Å². The Labute approximate surface area is 538 Å². The SMILES string of the molecule is CC(=NCC(=N)N)c1cc(NC(=O)CCCCC(=O)Nc2cc(/C(C)=N/N=C(N)N)cc(/C(C)=N/N=C(N)N)c2)cc(/C(C)=N/N=C(N)N)c1.CC(=O)c1cc(NC(=O)CCCCC(=O)Nc2cc(C(C)=O)cc(C(C)=O)c2)cc(C(C)=O)c1.Cl.Cl.NN=C(N)N. The second-order valence-corrected chi connectivity index (χ2v) is 19.6. The van der Waals surface area contributed by atoms with Crippen LogP contribution in [0.2, 0.25) is 0 Å². The van der Waals surface area contributed by atoms with Gasteiger partial charge in [0.25, 0.3) is 0 Å². The van der Waals surface area contributed by atoms with Gasteiger partial charge in [0.2, 0.25) is 47.5 Å². The number of rotatable bonds is 27. The highest BCUT2D eigenvalue weighted by atomic mass is 35.5. The van der Waals surface area contributed by atoms with Gasteiger partial charge in [-0.25, -0.2) is 0 Å². The highest BCUT2D eigenvalue weighted by molar-refractivity contribution is 6.09. The van der Waals surface area contributed by atoms with Crippen LogP contribution >= 0.6 is 24.8 Å². The van der Waals surface area contributed by atoms with Crippen molar-refractivity contribution in [2.24, 2.45) is 98.1 Å². The maximum absolute atomic E-state index is 12.9. The van der Waals surface area contributed by atoms with Crippen LogP contribution in [-0.2, 0) is 19.2 Å². The van der Waals surface area contributed by atoms with Gasteiger partial charge in [-0.15, -0.1) is 45.2 Å². The first kappa shape index (κ1) is 80.0. The summed E-state index contributed by atoms with van der Waals surface area (Å²) in [7, 11) is 0. The molecule has 4 rings (SSSR count). The Morgan fingerprint density at radius 1 is 0.341 bits per heavy atom. The predicted octanol–water partition coefficient (Wildman–Crippen LogP) is 4.17. The minimum Gasteiger partial charge on any atom is -0.386 e. The molecule has 0 spiro atoms. The number of aliphatic imine (C=N–C) groups is 1. The Bertz CT molecular complexity index is 3350. The fraction of sp³-hybridized carbons (Fsp3) is 0.293. The monoisotopic (exact) mass is 1300 g/mol. The third-order valence-corrected chi connectivity index (χ3v) is 11.9. The molecule has 4 amide bonds. The number of carbonyl (C=O) groups is 8. The fourth-order valence-electron chi connectivity index (χ4n) is 7.35. The Morgan fingerprint density at radius 3 is 0.747 bits per heavy atom. The number of carbonyl (C=O) groups excluding carboxylic acids is 8. The Kier molecular flexibility index (Phi) is 35.6. The zero-order valence-electron chi connectivity index (χ0n) is 51.7. The molecule has 4 aromatic rings. The van der Waals surface area contributed by atoms with Gasteiger partial charge in [-0.05, 0) is 159 Å². The number of ketones is 4. The van der Waals surface area contributed by atoms with Gasteiger partial charge in [0.1, 0.15) is 5.84 Å². The lowest BCUT2D eigenvalue weighted by molar-refractivity contribution is -0.118. The number of nitrogens with two attached hydrogens (primary N) is 10. The van der Waals surface area contributed by atoms with Crippen LogP contribution in [0.5, 0.6) is 0 Å². The molecule has 91 heavy (non-hydrogen) atoms. The number of hydrazone groups is 1. The van der Waals surface area contributed by atoms with E-state index in [0.29, 0.717) is 116 Å². The standard InChI is InChI=1S/C31H45N17O2.C26H28N2O6.CH6N4.2ClH/c1-16(40-15-26(32)33)20-9-21(17(2)43-46-29(34)35)12-24(11-20)41-27(49)7-5-6-8-28(50)42-25-13-22(18(3)44-47-30(36)37)10-23(14-25)19(4)45-48-31(38)39;1-15(29)19-9-20(16(2)30)12-23(11-19)27-25(33)7-5-6-8-26(34)28-24-13-21(17(3)31)10-22(14-24)18(4)32;2-1(3)5-4;;/h9-14H,5-8,15H2,1-4H3,(H3,32,33)(H,41,49)(H,42,50)(H4,34,35,46)(H4,36,37,47)(H4,38,39,48);9-14H,5-8H2,1-4H3,(H,27,33)(H,28,34);4H2,(H4,2,3,5);2*1H/b40-16?,43-17+,44-18+,45-19+;;;;. The molecule has 490 valence electrons. The summed E-state index contributed by atoms with van der Waals surface area (Å²) in [6.45, 7) is 12.4. The molecule has 0 aromatic heterocycles. The zero-order chi connectivity index (χ0) is 67.1. The molecule has 0 bridgehead atoms. The number of Topliss-reactive ketones (excluding diaryl/α,β-unsaturated/α-hetero) is 4. The quantitative estimate of drug-likeness (QED) is 0.00994. The van der Waals surface area contributed by atoms with Crippen molar-refractivity contribution in [2.45, 2.75) is 107 Å². The molecule has 0 aliphatic heterocycles. The van der Waals surface area contributed by atoms with Gasteiger partial charge >= 0.3 is 0 Å². The van der Waals surface area contributed by atoms with Crippen molar-refractivity contribution in [3.8, 4) is 0 Å². The van der Waals surface area contributed by atoms with E-state index in [4.69, 9.17) is 57.0 Å². The number of guanidine groups is 4. The highest BCUT2D eigenvalue weighted by Crippen LogP contribution is 2.22. The number of halogens is 2. The van der Waals surface area contributed by atoms with E-state index in [9.17, 15) is 38.4 Å². The van der Waals surface area contributed by atoms with Crippen LogP contribution in [0.1, 0.15) is 170 Å². The maximum atomic E-state index is 12.9. The molecular formula is C58H81Cl2N23O8. The number of hydrogen-bond donors (Lipinski definition) is 15. The van der Waals surface area contributed by atoms with E-state index in [2.05, 4.69) is 67.8 Å². The second kappa shape index (κ2) is 40.5. The predicted molar refractivity (Wildman–Crippen MR) is 365 cm³/mol. The minimum absolute atomic E-state index is 0. The summed E-state index contributed by atoms with van der Waals surface area (Å²) in [6, 6.07) is 19.5. The van der Waals surface area contributed by atoms with Crippen molar-refractivity contribution in [1.82, 2.24) is 0 Å². The molecule has 0 unspecified atom stereocenters. The van der Waals surface area contributed by atoms with Crippen LogP contribution in [0, 0.1) is 5.41 Å². The normalized spacial score (nSPS) is 10.9. The molecule has 4 aromatic carbocycles. The lowest BCUT2D eigenvalue weighted by atomic mass is 10.0. The van der Waals surface area contributed by atoms with E-state index < -0.39 is 0 Å². The lowest BCUT2D eigenvalue weighted by Crippen LogP contribution is -2.23. The topological polar surface area (TPSA) is 568 Å². The van der Waals surface area contributed by atoms with Crippen LogP contribution in [0.3, 0.4) is 0 Å². The lowest BCUT2D eigenvalue weighted by Gasteiger charge is -2.12. The molecule has 0 radical (unpaired) electrons. The molecule has 0 fully saturated rings. The van der Waals surface area contributed by atoms with Crippen molar-refractivity contribution in [3.63, 3.8) is 0 Å². The van der Waals surface area contributed by atoms with Gasteiger partial charge in [0, 0.05) is 93.1 Å². The largest absolute Gasteiger partial charge is 0.386 e. The highest BCUT2D eigenvalue weighted by Gasteiger charge is 2.15. The summed E-state index contributed by atoms with van der Waals surface area (Å²) in [5.41, 5.74) is 54.9. The van der Waals surface area contributed by atoms with E-state index in [1.807, 2.05) is 6.07 Å². The molecule has 31 nitrogen and oxygen atoms in total. The Balaban J connectivity index is 0.00000171. The molecule has 25 N–H and O–H groups in total. The van der Waals surface area contributed by atoms with Crippen molar-refractivity contribution in [2.75, 3.05) is 27.8 Å². The third kappa shape index (κ3) is 32.0. The molecular weight excluding hydrogens is 1220 g/mol. The number of anilines is 4. The van der Waals surface area contributed by atoms with E-state index in [1.165, 1.54) is 64.1 Å². The summed E-state index contributed by atoms with van der Waals surface area (Å²) < 4.78 is 0. The first-order valence-corrected chi connectivity index (χ1v) is 27.1. The van der Waals surface area contributed by atoms with Gasteiger partial charge in [-0.2, -0.15) is 15.3 Å². The zero-order valence-corrected chi connectivity index (χ0v) is 53.4. The van der Waals surface area contributed by atoms with Crippen LogP contribution in [0.15, 0.2) is 113 Å². The molecule has 0 aliphatic carbocycles. The van der Waals surface area contributed by atoms with Gasteiger partial charge < -0.3 is 78.7 Å². The second-order valence-electron chi connectivity index (χ2n) is 19.6. The van der Waals surface area contributed by atoms with Gasteiger partial charge in [0.15, 0.2) is 23.1 Å². The minimum atomic E-state index is -0.295. The molecule has 0 saturated carbocycles. The number of nitrogens with one attached hydrogen (secondary N) is 5. The van der Waals surface area contributed by atoms with Crippen LogP contribution < -0.4 is 78.7 Å². The number of amidine groups is 1. The maximum Gasteiger partial charge on any atom is 0.224 e. The van der Waals surface area contributed by atoms with Crippen molar-refractivity contribution < 1.29 is 38.4 Å². The molecule has 0 saturated heterocycles. The summed E-state index contributed by atoms with van der Waals surface area (Å²) >= 11 is 0. The average Bonchev–Trinajstić information content (AvgIpc) is 1.23. The summed E-state index contributed by atoms with van der Waals surface area (Å²) in [6.07, 6.45) is 2.38. The number of hydrogen-bond acceptors (Lipinski definition) is 18. The third-order valence-electron chi connectivity index (χ3n) is 11.9. The summed E-state index contributed by atoms with van der Waals surface area (Å²) in [5.74, 6) is 1.75. The van der Waals surface area contributed by atoms with Crippen molar-refractivity contribution in [3.05, 3.63) is 117 Å². The van der Waals surface area contributed by atoms with Gasteiger partial charge in [-0.3, -0.25) is 48.8 Å². The van der Waals surface area contributed by atoms with Gasteiger partial charge in [-0.1, -0.05) is 0 Å². The van der Waals surface area contributed by atoms with Crippen LogP contribution in [0.4, 0.5) is 22.7 Å². The summed E-state index contributed by atoms with van der Waals surface area (Å²) in [5, 5.41) is 44.6. The molecule has 0 aliphatic rings. The molecule has 0 atom stereocenters. The first-order valence-electron chi connectivity index (χ1n) is 27.1. The number of amides is 4. The van der Waals surface area contributed by atoms with E-state index >= 15 is 0 Å². The first-order chi connectivity index (χ1) is 41.8. The number of nitrogens with zero attached hydrogens (tertiary/aromatic N) is 8. The Morgan fingerprint density at radius 2 is 0.549 bits per heavy atom. The smallest absolute Gasteiger partial charge is 0.224 e. The Hall–Kier alpha value is -11.0. The summed E-state index contributed by atoms with van der Waals surface area (Å²) in [4.78, 5) is 101. The van der Waals surface area contributed by atoms with Crippen molar-refractivity contribution in [1.29, 1.82) is 5.41 Å². The van der Waals surface area contributed by atoms with E-state index in [1.54, 1.807) is 58.0 Å². The van der Waals surface area contributed by atoms with Gasteiger partial charge in [0.05, 0.1) is 23.7 Å². The molecule has 33 heteroatoms. The molecule has 0 heterocycles. The fourth-order valence-corrected chi connectivity index (χ4v) is 7.35. The van der Waals surface area contributed by atoms with E-state index in [0.717, 1.165) is 0 Å². The van der Waals surface area contributed by atoms with Crippen molar-refractivity contribution >= 4 is 147 Å².